The molecular weight excluding hydrogens is 1160 g/mol. The molecule has 26 heteroatoms. The molecule has 5 aliphatic heterocycles. The fraction of sp³-hybridized carbons (Fsp3) is 0.639. The second-order valence-electron chi connectivity index (χ2n) is 25.7. The lowest BCUT2D eigenvalue weighted by Crippen LogP contribution is -2.60. The van der Waals surface area contributed by atoms with E-state index in [1.165, 1.54) is 40.5 Å². The highest BCUT2D eigenvalue weighted by Crippen LogP contribution is 2.47. The van der Waals surface area contributed by atoms with Gasteiger partial charge in [-0.2, -0.15) is 26.3 Å². The highest BCUT2D eigenvalue weighted by molar-refractivity contribution is 7.10. The van der Waals surface area contributed by atoms with Crippen molar-refractivity contribution in [3.8, 4) is 22.5 Å². The van der Waals surface area contributed by atoms with E-state index in [-0.39, 0.29) is 109 Å². The molecule has 1 aromatic carbocycles. The summed E-state index contributed by atoms with van der Waals surface area (Å²) in [7, 11) is 5.08. The lowest BCUT2D eigenvalue weighted by molar-refractivity contribution is -0.152. The zero-order valence-corrected chi connectivity index (χ0v) is 51.1. The number of methoxy groups -OCH3 is 1. The average molecular weight is 1240 g/mol. The van der Waals surface area contributed by atoms with E-state index in [1.807, 2.05) is 30.7 Å². The van der Waals surface area contributed by atoms with Crippen molar-refractivity contribution < 1.29 is 59.4 Å². The van der Waals surface area contributed by atoms with E-state index in [4.69, 9.17) is 19.4 Å². The van der Waals surface area contributed by atoms with Gasteiger partial charge in [0.15, 0.2) is 0 Å². The lowest BCUT2D eigenvalue weighted by atomic mass is 9.84. The van der Waals surface area contributed by atoms with Gasteiger partial charge in [0, 0.05) is 119 Å². The van der Waals surface area contributed by atoms with Gasteiger partial charge in [-0.25, -0.2) is 19.6 Å². The number of urea groups is 1. The first kappa shape index (κ1) is 62.5. The molecule has 0 radical (unpaired) electrons. The van der Waals surface area contributed by atoms with Crippen LogP contribution in [0.15, 0.2) is 42.1 Å². The molecule has 7 aliphatic rings. The lowest BCUT2D eigenvalue weighted by Gasteiger charge is -2.41. The Labute approximate surface area is 506 Å². The molecule has 1 unspecified atom stereocenters. The third kappa shape index (κ3) is 13.6. The van der Waals surface area contributed by atoms with Crippen LogP contribution in [-0.4, -0.2) is 204 Å². The number of esters is 1. The van der Waals surface area contributed by atoms with Crippen molar-refractivity contribution in [1.29, 1.82) is 0 Å². The fourth-order valence-corrected chi connectivity index (χ4v) is 14.8. The van der Waals surface area contributed by atoms with Gasteiger partial charge >= 0.3 is 24.4 Å². The smallest absolute Gasteiger partial charge is 0.406 e. The summed E-state index contributed by atoms with van der Waals surface area (Å²) in [6, 6.07) is 1.49. The summed E-state index contributed by atoms with van der Waals surface area (Å²) < 4.78 is 116. The summed E-state index contributed by atoms with van der Waals surface area (Å²) in [4.78, 5) is 77.6. The standard InChI is InChI=1S/C61H79F7N12O6S/c1-35-46(71-55(81)52(37-11-8-9-12-37)74(6)58(84)78-23-21-77(22-24-78)56(82)54-51(73(54)5)38-14-15-38)28-49-70-47(31-87-49)41-26-40-43(29-59(3,4)34-86-57(83)45-13-10-16-80(35)72-45)53(79(33-61(66,67)68)48(40)27-44(41)62)42-25-39(30-69-50(42)36(2)85-7)76-19-17-75(18-20-76)32-60(63,64)65/h25-27,30-31,36-38,45-46,51-52,54,72H,1,8-24,28-29,32-34H2,2-7H3,(H,71,81)/t36-,45-,46-,51+,52-,54+,73?/m0/s1. The Morgan fingerprint density at radius 3 is 2.28 bits per heavy atom. The van der Waals surface area contributed by atoms with Crippen molar-refractivity contribution in [1.82, 2.24) is 54.8 Å². The number of fused-ring (bicyclic) bond motifs is 6. The molecule has 4 amide bonds. The first-order valence-corrected chi connectivity index (χ1v) is 31.3. The SMILES string of the molecule is C=C1[C@@H](NC(=O)[C@H](C2CCCC2)N(C)C(=O)N2CCN(C(=O)[C@H]3[C@@H](C4CC4)N3C)CC2)Cc2nc(cs2)-c2cc3c(c(-c4cc(N5CCN(CC(F)(F)F)CC5)cnc4[C@H](C)OC)n(CC(F)(F)F)c3cc2F)CC(C)(C)COC(=O)[C@@H]2CCCN1N2. The van der Waals surface area contributed by atoms with E-state index in [0.29, 0.717) is 79.5 Å². The first-order chi connectivity index (χ1) is 41.3. The molecule has 6 bridgehead atoms. The number of hydrogen-bond acceptors (Lipinski definition) is 14. The second kappa shape index (κ2) is 24.7. The topological polar surface area (TPSA) is 164 Å². The Morgan fingerprint density at radius 1 is 0.920 bits per heavy atom. The van der Waals surface area contributed by atoms with Crippen molar-refractivity contribution in [2.75, 3.05) is 98.2 Å². The highest BCUT2D eigenvalue weighted by Gasteiger charge is 2.58. The molecule has 7 atom stereocenters. The number of thiazole rings is 1. The molecule has 18 nitrogen and oxygen atoms in total. The van der Waals surface area contributed by atoms with Crippen LogP contribution in [0.25, 0.3) is 33.4 Å². The summed E-state index contributed by atoms with van der Waals surface area (Å²) in [5, 5.41) is 7.36. The van der Waals surface area contributed by atoms with Gasteiger partial charge in [0.25, 0.3) is 0 Å². The van der Waals surface area contributed by atoms with Gasteiger partial charge in [0.2, 0.25) is 11.8 Å². The van der Waals surface area contributed by atoms with Gasteiger partial charge < -0.3 is 44.0 Å². The molecule has 0 spiro atoms. The number of likely N-dealkylation sites (N-methyl/N-ethyl adjacent to an activating group) is 2. The van der Waals surface area contributed by atoms with Gasteiger partial charge in [-0.05, 0) is 94.5 Å². The van der Waals surface area contributed by atoms with Crippen LogP contribution < -0.4 is 15.6 Å². The van der Waals surface area contributed by atoms with Crippen molar-refractivity contribution in [3.63, 3.8) is 0 Å². The number of nitrogens with zero attached hydrogens (tertiary/aromatic N) is 10. The minimum Gasteiger partial charge on any atom is -0.464 e. The minimum absolute atomic E-state index is 0.00434. The first-order valence-electron chi connectivity index (χ1n) is 30.4. The number of hydrogen-bond donors (Lipinski definition) is 2. The number of pyridine rings is 1. The van der Waals surface area contributed by atoms with Gasteiger partial charge in [0.05, 0.1) is 64.8 Å². The number of ether oxygens (including phenoxy) is 2. The van der Waals surface area contributed by atoms with Crippen LogP contribution in [0.1, 0.15) is 94.5 Å². The van der Waals surface area contributed by atoms with E-state index in [1.54, 1.807) is 35.3 Å². The predicted molar refractivity (Wildman–Crippen MR) is 314 cm³/mol. The van der Waals surface area contributed by atoms with Crippen molar-refractivity contribution in [3.05, 3.63) is 64.1 Å². The molecule has 474 valence electrons. The Hall–Kier alpha value is -6.09. The number of alkyl halides is 6. The van der Waals surface area contributed by atoms with Crippen LogP contribution in [0, 0.1) is 23.1 Å². The summed E-state index contributed by atoms with van der Waals surface area (Å²) in [5.74, 6) is -1.35. The molecule has 11 rings (SSSR count). The Morgan fingerprint density at radius 2 is 1.61 bits per heavy atom. The van der Waals surface area contributed by atoms with Crippen LogP contribution >= 0.6 is 11.3 Å². The summed E-state index contributed by atoms with van der Waals surface area (Å²) >= 11 is 1.20. The van der Waals surface area contributed by atoms with Crippen LogP contribution in [0.3, 0.4) is 0 Å². The quantitative estimate of drug-likeness (QED) is 0.0791. The molecule has 2 N–H and O–H groups in total. The molecule has 4 aromatic rings. The van der Waals surface area contributed by atoms with Gasteiger partial charge in [-0.15, -0.1) is 11.3 Å². The van der Waals surface area contributed by atoms with Crippen LogP contribution in [0.2, 0.25) is 0 Å². The molecule has 3 aromatic heterocycles. The fourth-order valence-electron chi connectivity index (χ4n) is 13.9. The number of cyclic esters (lactones) is 1. The van der Waals surface area contributed by atoms with Gasteiger partial charge in [-0.1, -0.05) is 33.3 Å². The zero-order chi connectivity index (χ0) is 62.0. The third-order valence-electron chi connectivity index (χ3n) is 18.8. The number of anilines is 1. The number of rotatable bonds is 12. The molecule has 6 fully saturated rings. The van der Waals surface area contributed by atoms with Crippen molar-refractivity contribution in [2.45, 2.75) is 140 Å². The number of carbonyl (C=O) groups is 4. The number of amides is 4. The van der Waals surface area contributed by atoms with E-state index >= 15 is 22.4 Å². The minimum atomic E-state index is -4.83. The summed E-state index contributed by atoms with van der Waals surface area (Å²) in [6.07, 6.45) is -2.02. The maximum Gasteiger partial charge on any atom is 0.406 e. The van der Waals surface area contributed by atoms with Crippen molar-refractivity contribution in [2.24, 2.45) is 17.3 Å². The number of aromatic nitrogens is 3. The Bertz CT molecular complexity index is 3240. The monoisotopic (exact) mass is 1240 g/mol. The number of nitrogens with one attached hydrogen (secondary N) is 2. The van der Waals surface area contributed by atoms with Crippen LogP contribution in [0.4, 0.5) is 41.2 Å². The normalized spacial score (nSPS) is 25.1. The van der Waals surface area contributed by atoms with Gasteiger partial charge in [0.1, 0.15) is 30.5 Å². The number of piperazine rings is 2. The highest BCUT2D eigenvalue weighted by atomic mass is 32.1. The molecule has 4 saturated heterocycles. The van der Waals surface area contributed by atoms with Crippen LogP contribution in [0.5, 0.6) is 0 Å². The third-order valence-corrected chi connectivity index (χ3v) is 19.7. The van der Waals surface area contributed by atoms with Crippen LogP contribution in [-0.2, 0) is 43.2 Å². The van der Waals surface area contributed by atoms with Crippen molar-refractivity contribution >= 4 is 51.7 Å². The number of hydrazine groups is 1. The average Bonchev–Trinajstić information content (AvgIpc) is 1.63. The molecule has 87 heavy (non-hydrogen) atoms. The Kier molecular flexibility index (Phi) is 17.8. The Balaban J connectivity index is 0.938. The van der Waals surface area contributed by atoms with E-state index in [2.05, 4.69) is 22.2 Å². The van der Waals surface area contributed by atoms with E-state index < -0.39 is 72.8 Å². The van der Waals surface area contributed by atoms with Gasteiger partial charge in [-0.3, -0.25) is 29.2 Å². The molecule has 2 aliphatic carbocycles. The predicted octanol–water partition coefficient (Wildman–Crippen LogP) is 8.40. The number of benzene rings is 1. The largest absolute Gasteiger partial charge is 0.464 e. The maximum absolute atomic E-state index is 17.2. The zero-order valence-electron chi connectivity index (χ0n) is 50.2. The summed E-state index contributed by atoms with van der Waals surface area (Å²) in [5.41, 5.74) is 4.23. The van der Waals surface area contributed by atoms with E-state index in [0.717, 1.165) is 49.2 Å². The summed E-state index contributed by atoms with van der Waals surface area (Å²) in [6.45, 7) is 9.31. The number of halogens is 7. The number of carbonyl (C=O) groups excluding carboxylic acids is 4. The molecule has 8 heterocycles. The maximum atomic E-state index is 17.2. The molecule has 2 saturated carbocycles. The van der Waals surface area contributed by atoms with E-state index in [9.17, 15) is 27.6 Å². The molecular formula is C61H79F7N12O6S. The second-order valence-corrected chi connectivity index (χ2v) is 26.6.